The van der Waals surface area contributed by atoms with Crippen LogP contribution in [0.4, 0.5) is 11.5 Å². The molecule has 2 aromatic rings. The average Bonchev–Trinajstić information content (AvgIpc) is 3.13. The van der Waals surface area contributed by atoms with E-state index < -0.39 is 5.91 Å². The van der Waals surface area contributed by atoms with E-state index in [2.05, 4.69) is 23.4 Å². The van der Waals surface area contributed by atoms with Gasteiger partial charge in [-0.1, -0.05) is 11.6 Å². The Morgan fingerprint density at radius 3 is 2.67 bits per heavy atom. The van der Waals surface area contributed by atoms with Crippen molar-refractivity contribution in [3.63, 3.8) is 0 Å². The highest BCUT2D eigenvalue weighted by Crippen LogP contribution is 2.41. The predicted molar refractivity (Wildman–Crippen MR) is 116 cm³/mol. The van der Waals surface area contributed by atoms with Crippen molar-refractivity contribution in [1.82, 2.24) is 9.78 Å². The van der Waals surface area contributed by atoms with Gasteiger partial charge in [-0.25, -0.2) is 0 Å². The molecule has 2 fully saturated rings. The zero-order valence-corrected chi connectivity index (χ0v) is 18.0. The molecular weight excluding hydrogens is 400 g/mol. The zero-order chi connectivity index (χ0) is 21.3. The van der Waals surface area contributed by atoms with Crippen LogP contribution >= 0.6 is 11.6 Å². The third-order valence-electron chi connectivity index (χ3n) is 7.01. The largest absolute Gasteiger partial charge is 0.365 e. The number of carbonyl (C=O) groups is 1. The van der Waals surface area contributed by atoms with Crippen molar-refractivity contribution < 1.29 is 9.28 Å². The average molecular weight is 428 g/mol. The lowest BCUT2D eigenvalue weighted by Gasteiger charge is -2.53. The molecule has 3 atom stereocenters. The second-order valence-electron chi connectivity index (χ2n) is 8.47. The maximum Gasteiger partial charge on any atom is 0.254 e. The van der Waals surface area contributed by atoms with Crippen molar-refractivity contribution in [3.8, 4) is 6.07 Å². The van der Waals surface area contributed by atoms with Crippen LogP contribution in [0.2, 0.25) is 5.02 Å². The number of halogens is 1. The number of nitrogens with two attached hydrogens (primary N) is 1. The van der Waals surface area contributed by atoms with Gasteiger partial charge in [0.1, 0.15) is 5.56 Å². The number of likely N-dealkylation sites (tertiary alicyclic amines) is 1. The number of carbonyl (C=O) groups excluding carboxylic acids is 1. The van der Waals surface area contributed by atoms with Gasteiger partial charge in [-0.3, -0.25) is 9.48 Å². The summed E-state index contributed by atoms with van der Waals surface area (Å²) < 4.78 is 2.93. The fourth-order valence-corrected chi connectivity index (χ4v) is 5.22. The van der Waals surface area contributed by atoms with Gasteiger partial charge in [0.05, 0.1) is 43.7 Å². The van der Waals surface area contributed by atoms with E-state index in [0.717, 1.165) is 36.0 Å². The second kappa shape index (κ2) is 8.29. The lowest BCUT2D eigenvalue weighted by Crippen LogP contribution is -2.64. The first-order valence-corrected chi connectivity index (χ1v) is 11.0. The van der Waals surface area contributed by atoms with Gasteiger partial charge in [0.2, 0.25) is 0 Å². The van der Waals surface area contributed by atoms with E-state index in [0.29, 0.717) is 22.4 Å². The summed E-state index contributed by atoms with van der Waals surface area (Å²) in [6.45, 7) is 5.85. The van der Waals surface area contributed by atoms with Crippen LogP contribution in [0.15, 0.2) is 30.5 Å². The highest BCUT2D eigenvalue weighted by atomic mass is 35.5. The quantitative estimate of drug-likeness (QED) is 0.684. The van der Waals surface area contributed by atoms with Gasteiger partial charge in [0, 0.05) is 36.2 Å². The number of benzene rings is 1. The molecule has 0 bridgehead atoms. The molecule has 1 aromatic heterocycles. The van der Waals surface area contributed by atoms with Crippen molar-refractivity contribution in [3.05, 3.63) is 41.0 Å². The first-order chi connectivity index (χ1) is 14.5. The highest BCUT2D eigenvalue weighted by Gasteiger charge is 2.46. The number of quaternary nitrogens is 1. The first kappa shape index (κ1) is 20.7. The van der Waals surface area contributed by atoms with Crippen LogP contribution in [0.5, 0.6) is 0 Å². The molecule has 1 amide bonds. The second-order valence-corrected chi connectivity index (χ2v) is 8.91. The van der Waals surface area contributed by atoms with E-state index in [1.54, 1.807) is 23.0 Å². The smallest absolute Gasteiger partial charge is 0.254 e. The van der Waals surface area contributed by atoms with Crippen LogP contribution in [0.1, 0.15) is 49.0 Å². The van der Waals surface area contributed by atoms with Crippen molar-refractivity contribution >= 4 is 29.0 Å². The molecule has 0 radical (unpaired) electrons. The van der Waals surface area contributed by atoms with Gasteiger partial charge < -0.3 is 15.5 Å². The summed E-state index contributed by atoms with van der Waals surface area (Å²) in [6.07, 6.45) is 5.79. The first-order valence-electron chi connectivity index (χ1n) is 10.6. The summed E-state index contributed by atoms with van der Waals surface area (Å²) in [7, 11) is 0. The van der Waals surface area contributed by atoms with Crippen LogP contribution in [0, 0.1) is 17.2 Å². The number of nitrogens with one attached hydrogen (secondary N) is 1. The summed E-state index contributed by atoms with van der Waals surface area (Å²) in [5.74, 6) is -0.269. The summed E-state index contributed by atoms with van der Waals surface area (Å²) in [6, 6.07) is 10.2. The Morgan fingerprint density at radius 2 is 2.10 bits per heavy atom. The number of amides is 1. The number of primary amides is 1. The fraction of sp³-hybridized carbons (Fsp3) is 0.500. The van der Waals surface area contributed by atoms with E-state index in [1.807, 2.05) is 12.1 Å². The normalized spacial score (nSPS) is 25.2. The number of rotatable bonds is 6. The van der Waals surface area contributed by atoms with Crippen molar-refractivity contribution in [2.75, 3.05) is 25.0 Å². The Bertz CT molecular complexity index is 953. The van der Waals surface area contributed by atoms with Crippen LogP contribution < -0.4 is 11.1 Å². The van der Waals surface area contributed by atoms with E-state index >= 15 is 0 Å². The molecule has 8 heteroatoms. The van der Waals surface area contributed by atoms with E-state index in [-0.39, 0.29) is 12.0 Å². The molecule has 1 aromatic carbocycles. The lowest BCUT2D eigenvalue weighted by molar-refractivity contribution is -0.985. The van der Waals surface area contributed by atoms with Crippen LogP contribution in [-0.2, 0) is 0 Å². The van der Waals surface area contributed by atoms with Gasteiger partial charge >= 0.3 is 0 Å². The third-order valence-corrected chi connectivity index (χ3v) is 7.26. The third kappa shape index (κ3) is 3.78. The minimum absolute atomic E-state index is 0.0525. The molecule has 158 valence electrons. The summed E-state index contributed by atoms with van der Waals surface area (Å²) in [4.78, 5) is 12.0. The minimum Gasteiger partial charge on any atom is -0.365 e. The SMILES string of the molecule is CC[N+]1([C@H]2CC[C@H](n3cc(C(N)=O)c(Nc4ccc(Cl)cc4)n3)[C@@H](C#N)C2)CCC1. The molecule has 0 unspecified atom stereocenters. The number of anilines is 2. The Labute approximate surface area is 182 Å². The van der Waals surface area contributed by atoms with Crippen LogP contribution in [0.3, 0.4) is 0 Å². The number of aromatic nitrogens is 2. The Morgan fingerprint density at radius 1 is 1.37 bits per heavy atom. The summed E-state index contributed by atoms with van der Waals surface area (Å²) in [5.41, 5.74) is 6.69. The predicted octanol–water partition coefficient (Wildman–Crippen LogP) is 3.85. The molecule has 2 aliphatic rings. The van der Waals surface area contributed by atoms with Crippen molar-refractivity contribution in [1.29, 1.82) is 5.26 Å². The van der Waals surface area contributed by atoms with Crippen LogP contribution in [0.25, 0.3) is 0 Å². The van der Waals surface area contributed by atoms with E-state index in [9.17, 15) is 10.1 Å². The number of nitriles is 1. The van der Waals surface area contributed by atoms with Crippen LogP contribution in [-0.4, -0.2) is 45.8 Å². The van der Waals surface area contributed by atoms with Gasteiger partial charge in [0.25, 0.3) is 5.91 Å². The molecule has 1 aliphatic carbocycles. The van der Waals surface area contributed by atoms with Crippen molar-refractivity contribution in [2.24, 2.45) is 11.7 Å². The molecule has 2 heterocycles. The molecule has 30 heavy (non-hydrogen) atoms. The minimum atomic E-state index is -0.545. The van der Waals surface area contributed by atoms with Gasteiger partial charge in [-0.15, -0.1) is 0 Å². The maximum atomic E-state index is 12.0. The highest BCUT2D eigenvalue weighted by molar-refractivity contribution is 6.30. The molecule has 1 aliphatic heterocycles. The van der Waals surface area contributed by atoms with E-state index in [1.165, 1.54) is 19.5 Å². The molecule has 7 nitrogen and oxygen atoms in total. The molecular formula is C22H28ClN6O+. The Kier molecular flexibility index (Phi) is 5.72. The number of hydrogen-bond donors (Lipinski definition) is 2. The van der Waals surface area contributed by atoms with Gasteiger partial charge in [0.15, 0.2) is 5.82 Å². The Hall–Kier alpha value is -2.56. The summed E-state index contributed by atoms with van der Waals surface area (Å²) >= 11 is 5.95. The molecule has 3 N–H and O–H groups in total. The lowest BCUT2D eigenvalue weighted by atomic mass is 9.79. The topological polar surface area (TPSA) is 96.7 Å². The van der Waals surface area contributed by atoms with Gasteiger partial charge in [-0.05, 0) is 37.6 Å². The molecule has 1 saturated carbocycles. The monoisotopic (exact) mass is 427 g/mol. The Balaban J connectivity index is 1.56. The maximum absolute atomic E-state index is 12.0. The van der Waals surface area contributed by atoms with Crippen molar-refractivity contribution in [2.45, 2.75) is 44.7 Å². The van der Waals surface area contributed by atoms with Gasteiger partial charge in [-0.2, -0.15) is 10.4 Å². The number of hydrogen-bond acceptors (Lipinski definition) is 4. The zero-order valence-electron chi connectivity index (χ0n) is 17.2. The number of nitrogens with zero attached hydrogens (tertiary/aromatic N) is 4. The molecule has 4 rings (SSSR count). The molecule has 0 spiro atoms. The summed E-state index contributed by atoms with van der Waals surface area (Å²) in [5, 5.41) is 18.3. The standard InChI is InChI=1S/C22H27ClN6O/c1-2-29(10-3-11-29)18-8-9-20(15(12-18)13-24)28-14-19(21(25)30)22(27-28)26-17-6-4-16(23)5-7-17/h4-7,14-15,18,20H,2-3,8-12H2,1H3,(H2-,25,26,27,30)/p+1/t15-,18+,20+/m1/s1. The van der Waals surface area contributed by atoms with E-state index in [4.69, 9.17) is 17.3 Å². The molecule has 1 saturated heterocycles. The fourth-order valence-electron chi connectivity index (χ4n) is 5.09.